The summed E-state index contributed by atoms with van der Waals surface area (Å²) < 4.78 is 41.1. The summed E-state index contributed by atoms with van der Waals surface area (Å²) in [4.78, 5) is 21.5. The maximum atomic E-state index is 14.6. The Balaban J connectivity index is 1.72. The van der Waals surface area contributed by atoms with Gasteiger partial charge in [0.1, 0.15) is 37.1 Å². The summed E-state index contributed by atoms with van der Waals surface area (Å²) in [6, 6.07) is 11.6. The van der Waals surface area contributed by atoms with Crippen LogP contribution in [0.1, 0.15) is 96.1 Å². The minimum atomic E-state index is -1.37. The highest BCUT2D eigenvalue weighted by Crippen LogP contribution is 2.62. The van der Waals surface area contributed by atoms with E-state index < -0.39 is 23.8 Å². The van der Waals surface area contributed by atoms with Crippen molar-refractivity contribution in [2.75, 3.05) is 40.1 Å². The van der Waals surface area contributed by atoms with Crippen molar-refractivity contribution >= 4 is 11.8 Å². The fourth-order valence-corrected chi connectivity index (χ4v) is 8.60. The lowest BCUT2D eigenvalue weighted by molar-refractivity contribution is -0.255. The number of aliphatic hydroxyl groups excluding tert-OH is 2. The molecule has 6 unspecified atom stereocenters. The minimum Gasteiger partial charge on any atom is -0.489 e. The molecule has 1 amide bonds. The van der Waals surface area contributed by atoms with E-state index in [1.165, 1.54) is 13.2 Å². The molecule has 1 fully saturated rings. The first-order valence-electron chi connectivity index (χ1n) is 19.9. The lowest BCUT2D eigenvalue weighted by atomic mass is 9.55. The first kappa shape index (κ1) is 42.2. The Kier molecular flexibility index (Phi) is 14.8. The Hall–Kier alpha value is -3.93. The van der Waals surface area contributed by atoms with Gasteiger partial charge in [-0.1, -0.05) is 76.0 Å². The summed E-state index contributed by atoms with van der Waals surface area (Å²) in [6.45, 7) is 13.1. The smallest absolute Gasteiger partial charge is 0.410 e. The van der Waals surface area contributed by atoms with E-state index in [9.17, 15) is 19.4 Å². The molecule has 0 saturated heterocycles. The van der Waals surface area contributed by atoms with Gasteiger partial charge in [-0.2, -0.15) is 0 Å². The van der Waals surface area contributed by atoms with Gasteiger partial charge in [-0.15, -0.1) is 6.58 Å². The number of carbonyl (C=O) groups excluding carboxylic acids is 1. The highest BCUT2D eigenvalue weighted by Gasteiger charge is 2.65. The van der Waals surface area contributed by atoms with Crippen molar-refractivity contribution in [1.82, 2.24) is 4.90 Å². The zero-order valence-corrected chi connectivity index (χ0v) is 33.3. The molecule has 2 N–H and O–H groups in total. The van der Waals surface area contributed by atoms with Gasteiger partial charge in [0.15, 0.2) is 0 Å². The molecule has 1 heterocycles. The number of fused-ring (bicyclic) bond motifs is 2. The molecule has 2 aromatic rings. The van der Waals surface area contributed by atoms with Gasteiger partial charge in [-0.3, -0.25) is 4.90 Å². The normalized spacial score (nSPS) is 24.9. The van der Waals surface area contributed by atoms with Crippen LogP contribution in [0.15, 0.2) is 71.9 Å². The number of halogens is 1. The van der Waals surface area contributed by atoms with Crippen molar-refractivity contribution in [3.05, 3.63) is 83.7 Å². The number of unbranched alkanes of at least 4 members (excludes halogenated alkanes) is 2. The van der Waals surface area contributed by atoms with E-state index in [2.05, 4.69) is 17.8 Å². The van der Waals surface area contributed by atoms with Gasteiger partial charge in [0, 0.05) is 43.2 Å². The molecule has 2 aromatic carbocycles. The highest BCUT2D eigenvalue weighted by molar-refractivity contribution is 6.02. The van der Waals surface area contributed by atoms with Crippen molar-refractivity contribution < 1.29 is 43.2 Å². The van der Waals surface area contributed by atoms with E-state index in [4.69, 9.17) is 23.8 Å². The van der Waals surface area contributed by atoms with Crippen molar-refractivity contribution in [1.29, 1.82) is 0 Å². The average Bonchev–Trinajstić information content (AvgIpc) is 3.16. The van der Waals surface area contributed by atoms with E-state index in [1.54, 1.807) is 29.2 Å². The molecular formula is C44H61FN2O8. The molecule has 302 valence electrons. The largest absolute Gasteiger partial charge is 0.489 e. The second-order valence-corrected chi connectivity index (χ2v) is 16.1. The number of carbonyl (C=O) groups is 1. The molecule has 1 saturated carbocycles. The zero-order chi connectivity index (χ0) is 39.6. The van der Waals surface area contributed by atoms with Crippen molar-refractivity contribution in [3.8, 4) is 11.5 Å². The number of hydrogen-bond donors (Lipinski definition) is 2. The standard InChI is InChI=1S/C44H61FN2O8/c1-7-21-47(42(50)53-29-43(3,4)5)39-27-37(46-51-6)34-25-30(15-11-13-22-48)33(17-12-14-23-49)40-35-26-32(52-28-31-16-9-10-18-36(31)45)19-20-38(35)55-44(39,41(34)40)54-24-8-2/h8-10,16,18-20,25-26,30,33,39-41,48-49H,2,7,11-15,17,21-24,27-29H2,1,3-6H3. The first-order valence-corrected chi connectivity index (χ1v) is 19.9. The van der Waals surface area contributed by atoms with Crippen LogP contribution >= 0.6 is 0 Å². The van der Waals surface area contributed by atoms with Crippen LogP contribution in [0.2, 0.25) is 0 Å². The molecule has 11 heteroatoms. The van der Waals surface area contributed by atoms with E-state index in [1.807, 2.05) is 45.9 Å². The second kappa shape index (κ2) is 19.3. The molecule has 5 rings (SSSR count). The van der Waals surface area contributed by atoms with Gasteiger partial charge in [0.05, 0.1) is 24.8 Å². The van der Waals surface area contributed by atoms with Crippen LogP contribution < -0.4 is 9.47 Å². The van der Waals surface area contributed by atoms with E-state index in [-0.39, 0.29) is 62.0 Å². The number of allylic oxidation sites excluding steroid dienone is 1. The Morgan fingerprint density at radius 2 is 1.85 bits per heavy atom. The summed E-state index contributed by atoms with van der Waals surface area (Å²) in [5, 5.41) is 24.3. The summed E-state index contributed by atoms with van der Waals surface area (Å²) in [5.41, 5.74) is 2.79. The van der Waals surface area contributed by atoms with Gasteiger partial charge in [0.25, 0.3) is 0 Å². The van der Waals surface area contributed by atoms with Gasteiger partial charge < -0.3 is 34.0 Å². The van der Waals surface area contributed by atoms with Crippen LogP contribution in [0.4, 0.5) is 9.18 Å². The maximum Gasteiger partial charge on any atom is 0.410 e. The number of oxime groups is 1. The molecular weight excluding hydrogens is 703 g/mol. The molecule has 0 bridgehead atoms. The van der Waals surface area contributed by atoms with Crippen molar-refractivity contribution in [2.24, 2.45) is 28.3 Å². The van der Waals surface area contributed by atoms with Crippen LogP contribution in [0.3, 0.4) is 0 Å². The predicted octanol–water partition coefficient (Wildman–Crippen LogP) is 8.56. The molecule has 10 nitrogen and oxygen atoms in total. The number of amides is 1. The molecule has 2 aliphatic carbocycles. The van der Waals surface area contributed by atoms with Crippen LogP contribution in [0.25, 0.3) is 0 Å². The third-order valence-electron chi connectivity index (χ3n) is 10.9. The fraction of sp³-hybridized carbons (Fsp3) is 0.591. The number of nitrogens with zero attached hydrogens (tertiary/aromatic N) is 2. The van der Waals surface area contributed by atoms with Gasteiger partial charge in [0.2, 0.25) is 5.79 Å². The number of rotatable bonds is 19. The Morgan fingerprint density at radius 1 is 1.11 bits per heavy atom. The lowest BCUT2D eigenvalue weighted by Crippen LogP contribution is -2.70. The number of benzene rings is 2. The summed E-state index contributed by atoms with van der Waals surface area (Å²) in [5.74, 6) is -1.02. The predicted molar refractivity (Wildman–Crippen MR) is 210 cm³/mol. The van der Waals surface area contributed by atoms with Crippen molar-refractivity contribution in [3.63, 3.8) is 0 Å². The summed E-state index contributed by atoms with van der Waals surface area (Å²) in [7, 11) is 1.53. The van der Waals surface area contributed by atoms with Crippen molar-refractivity contribution in [2.45, 2.75) is 103 Å². The molecule has 6 atom stereocenters. The topological polar surface area (TPSA) is 119 Å². The maximum absolute atomic E-state index is 14.6. The molecule has 0 spiro atoms. The Labute approximate surface area is 326 Å². The second-order valence-electron chi connectivity index (χ2n) is 16.1. The Bertz CT molecular complexity index is 1660. The van der Waals surface area contributed by atoms with E-state index in [0.717, 1.165) is 36.8 Å². The van der Waals surface area contributed by atoms with Crippen LogP contribution in [-0.4, -0.2) is 78.8 Å². The molecule has 0 aromatic heterocycles. The van der Waals surface area contributed by atoms with E-state index >= 15 is 0 Å². The monoisotopic (exact) mass is 764 g/mol. The highest BCUT2D eigenvalue weighted by atomic mass is 19.1. The summed E-state index contributed by atoms with van der Waals surface area (Å²) in [6.07, 6.45) is 9.12. The van der Waals surface area contributed by atoms with E-state index in [0.29, 0.717) is 55.0 Å². The zero-order valence-electron chi connectivity index (χ0n) is 33.3. The average molecular weight is 765 g/mol. The van der Waals surface area contributed by atoms with Crippen LogP contribution in [0, 0.1) is 29.0 Å². The summed E-state index contributed by atoms with van der Waals surface area (Å²) >= 11 is 0. The third kappa shape index (κ3) is 9.73. The lowest BCUT2D eigenvalue weighted by Gasteiger charge is -2.60. The fourth-order valence-electron chi connectivity index (χ4n) is 8.60. The quantitative estimate of drug-likeness (QED) is 0.0830. The van der Waals surface area contributed by atoms with Gasteiger partial charge in [-0.25, -0.2) is 9.18 Å². The van der Waals surface area contributed by atoms with Gasteiger partial charge >= 0.3 is 6.09 Å². The number of hydrogen-bond acceptors (Lipinski definition) is 9. The number of aliphatic hydroxyl groups is 2. The molecule has 1 aliphatic heterocycles. The molecule has 55 heavy (non-hydrogen) atoms. The van der Waals surface area contributed by atoms with Gasteiger partial charge in [-0.05, 0) is 79.2 Å². The first-order chi connectivity index (χ1) is 26.5. The van der Waals surface area contributed by atoms with Crippen LogP contribution in [0.5, 0.6) is 11.5 Å². The molecule has 3 aliphatic rings. The number of ether oxygens (including phenoxy) is 4. The van der Waals surface area contributed by atoms with Crippen LogP contribution in [-0.2, 0) is 20.9 Å². The minimum absolute atomic E-state index is 0.0526. The SMILES string of the molecule is C=CCOC12Oc3ccc(OCc4ccccc4F)cc3C3C(CCCCO)C(CCCCO)C=C(C(=NOC)CC1N(CCC)C(=O)OCC(C)(C)C)C32. The third-order valence-corrected chi connectivity index (χ3v) is 10.9. The molecule has 0 radical (unpaired) electrons. The Morgan fingerprint density at radius 3 is 2.53 bits per heavy atom.